The minimum atomic E-state index is 0.894. The highest BCUT2D eigenvalue weighted by atomic mass is 16.3. The van der Waals surface area contributed by atoms with Gasteiger partial charge in [0.15, 0.2) is 0 Å². The Hall–Kier alpha value is -8.20. The maximum Gasteiger partial charge on any atom is 0.143 e. The van der Waals surface area contributed by atoms with Crippen molar-refractivity contribution < 1.29 is 4.42 Å². The fourth-order valence-electron chi connectivity index (χ4n) is 8.75. The van der Waals surface area contributed by atoms with Crippen LogP contribution in [0.25, 0.3) is 88.7 Å². The molecule has 0 saturated heterocycles. The molecule has 0 amide bonds. The predicted molar refractivity (Wildman–Crippen MR) is 261 cm³/mol. The third-order valence-electron chi connectivity index (χ3n) is 11.9. The van der Waals surface area contributed by atoms with E-state index >= 15 is 0 Å². The number of furan rings is 1. The van der Waals surface area contributed by atoms with Crippen molar-refractivity contribution in [3.05, 3.63) is 249 Å². The van der Waals surface area contributed by atoms with Gasteiger partial charge in [0.1, 0.15) is 11.2 Å². The van der Waals surface area contributed by atoms with Crippen molar-refractivity contribution in [2.75, 3.05) is 4.90 Å². The molecule has 0 radical (unpaired) electrons. The minimum absolute atomic E-state index is 0.894. The largest absolute Gasteiger partial charge is 0.455 e. The average Bonchev–Trinajstić information content (AvgIpc) is 3.75. The van der Waals surface area contributed by atoms with Gasteiger partial charge in [0.25, 0.3) is 0 Å². The second-order valence-corrected chi connectivity index (χ2v) is 15.7. The lowest BCUT2D eigenvalue weighted by Crippen LogP contribution is -2.10. The number of rotatable bonds is 9. The Morgan fingerprint density at radius 3 is 1.13 bits per heavy atom. The summed E-state index contributed by atoms with van der Waals surface area (Å²) in [5, 5.41) is 2.24. The molecule has 11 rings (SSSR count). The summed E-state index contributed by atoms with van der Waals surface area (Å²) >= 11 is 0. The molecular weight excluding hydrogens is 751 g/mol. The molecule has 0 fully saturated rings. The third-order valence-corrected chi connectivity index (χ3v) is 11.9. The van der Waals surface area contributed by atoms with Crippen LogP contribution in [-0.2, 0) is 0 Å². The topological polar surface area (TPSA) is 16.4 Å². The normalized spacial score (nSPS) is 11.2. The zero-order chi connectivity index (χ0) is 41.2. The van der Waals surface area contributed by atoms with Crippen LogP contribution in [0.2, 0.25) is 0 Å². The number of hydrogen-bond donors (Lipinski definition) is 0. The van der Waals surface area contributed by atoms with Gasteiger partial charge in [-0.05, 0) is 104 Å². The molecule has 292 valence electrons. The van der Waals surface area contributed by atoms with Gasteiger partial charge in [-0.15, -0.1) is 0 Å². The summed E-state index contributed by atoms with van der Waals surface area (Å²) in [5.74, 6) is 0. The standard InChI is InChI=1S/C60H41NO/c1-4-13-42(14-5-1)44-23-27-46(28-24-44)48-31-35-51(36-32-48)61(52-37-33-49(34-38-52)47-29-25-45(26-30-47)43-15-6-2-7-16-43)53-39-40-54(58(41-53)50-17-8-3-9-18-50)56-20-12-21-57-55-19-10-11-22-59(55)62-60(56)57/h1-41H. The van der Waals surface area contributed by atoms with Gasteiger partial charge in [-0.2, -0.15) is 0 Å². The molecule has 1 aromatic heterocycles. The van der Waals surface area contributed by atoms with Gasteiger partial charge in [0.05, 0.1) is 0 Å². The summed E-state index contributed by atoms with van der Waals surface area (Å²) in [7, 11) is 0. The molecule has 0 spiro atoms. The van der Waals surface area contributed by atoms with Crippen LogP contribution >= 0.6 is 0 Å². The Bertz CT molecular complexity index is 3150. The van der Waals surface area contributed by atoms with Crippen molar-refractivity contribution in [1.29, 1.82) is 0 Å². The van der Waals surface area contributed by atoms with Gasteiger partial charge in [-0.1, -0.05) is 206 Å². The smallest absolute Gasteiger partial charge is 0.143 e. The van der Waals surface area contributed by atoms with Crippen molar-refractivity contribution in [2.24, 2.45) is 0 Å². The van der Waals surface area contributed by atoms with Crippen LogP contribution in [0.1, 0.15) is 0 Å². The molecule has 0 bridgehead atoms. The van der Waals surface area contributed by atoms with E-state index in [0.717, 1.165) is 61.3 Å². The number of nitrogens with zero attached hydrogens (tertiary/aromatic N) is 1. The number of para-hydroxylation sites is 2. The van der Waals surface area contributed by atoms with E-state index < -0.39 is 0 Å². The van der Waals surface area contributed by atoms with Crippen molar-refractivity contribution >= 4 is 39.0 Å². The summed E-state index contributed by atoms with van der Waals surface area (Å²) in [5.41, 5.74) is 19.0. The van der Waals surface area contributed by atoms with Crippen molar-refractivity contribution in [3.63, 3.8) is 0 Å². The van der Waals surface area contributed by atoms with E-state index in [4.69, 9.17) is 4.42 Å². The first-order valence-electron chi connectivity index (χ1n) is 21.2. The molecular formula is C60H41NO. The van der Waals surface area contributed by atoms with Crippen LogP contribution in [0.15, 0.2) is 253 Å². The molecule has 0 aliphatic heterocycles. The van der Waals surface area contributed by atoms with E-state index in [0.29, 0.717) is 0 Å². The summed E-state index contributed by atoms with van der Waals surface area (Å²) in [4.78, 5) is 2.36. The van der Waals surface area contributed by atoms with E-state index in [1.807, 2.05) is 12.1 Å². The predicted octanol–water partition coefficient (Wildman–Crippen LogP) is 17.1. The van der Waals surface area contributed by atoms with Crippen LogP contribution in [0, 0.1) is 0 Å². The second kappa shape index (κ2) is 16.1. The molecule has 62 heavy (non-hydrogen) atoms. The summed E-state index contributed by atoms with van der Waals surface area (Å²) in [6.07, 6.45) is 0. The zero-order valence-electron chi connectivity index (χ0n) is 34.0. The van der Waals surface area contributed by atoms with E-state index in [1.165, 1.54) is 44.5 Å². The second-order valence-electron chi connectivity index (χ2n) is 15.7. The van der Waals surface area contributed by atoms with E-state index in [-0.39, 0.29) is 0 Å². The first kappa shape index (κ1) is 36.8. The average molecular weight is 792 g/mol. The van der Waals surface area contributed by atoms with Crippen LogP contribution < -0.4 is 4.90 Å². The van der Waals surface area contributed by atoms with E-state index in [9.17, 15) is 0 Å². The lowest BCUT2D eigenvalue weighted by Gasteiger charge is -2.27. The Morgan fingerprint density at radius 2 is 0.629 bits per heavy atom. The summed E-state index contributed by atoms with van der Waals surface area (Å²) < 4.78 is 6.59. The third kappa shape index (κ3) is 7.04. The quantitative estimate of drug-likeness (QED) is 0.145. The molecule has 2 nitrogen and oxygen atoms in total. The highest BCUT2D eigenvalue weighted by Crippen LogP contribution is 2.44. The molecule has 0 aliphatic carbocycles. The van der Waals surface area contributed by atoms with Gasteiger partial charge in [0.2, 0.25) is 0 Å². The fourth-order valence-corrected chi connectivity index (χ4v) is 8.75. The Labute approximate surface area is 362 Å². The van der Waals surface area contributed by atoms with Crippen molar-refractivity contribution in [2.45, 2.75) is 0 Å². The first-order valence-corrected chi connectivity index (χ1v) is 21.2. The summed E-state index contributed by atoms with van der Waals surface area (Å²) in [6.45, 7) is 0. The van der Waals surface area contributed by atoms with E-state index in [2.05, 4.69) is 241 Å². The van der Waals surface area contributed by atoms with Gasteiger partial charge in [-0.3, -0.25) is 0 Å². The number of benzene rings is 10. The molecule has 0 N–H and O–H groups in total. The van der Waals surface area contributed by atoms with Gasteiger partial charge in [-0.25, -0.2) is 0 Å². The van der Waals surface area contributed by atoms with Crippen molar-refractivity contribution in [1.82, 2.24) is 0 Å². The molecule has 0 aliphatic rings. The van der Waals surface area contributed by atoms with Crippen LogP contribution in [0.4, 0.5) is 17.1 Å². The highest BCUT2D eigenvalue weighted by molar-refractivity contribution is 6.10. The van der Waals surface area contributed by atoms with Gasteiger partial charge >= 0.3 is 0 Å². The lowest BCUT2D eigenvalue weighted by atomic mass is 9.92. The highest BCUT2D eigenvalue weighted by Gasteiger charge is 2.20. The Morgan fingerprint density at radius 1 is 0.242 bits per heavy atom. The van der Waals surface area contributed by atoms with Gasteiger partial charge < -0.3 is 9.32 Å². The lowest BCUT2D eigenvalue weighted by molar-refractivity contribution is 0.670. The van der Waals surface area contributed by atoms with Crippen LogP contribution in [-0.4, -0.2) is 0 Å². The van der Waals surface area contributed by atoms with Crippen LogP contribution in [0.3, 0.4) is 0 Å². The Balaban J connectivity index is 1.01. The maximum atomic E-state index is 6.59. The molecule has 1 heterocycles. The van der Waals surface area contributed by atoms with Crippen LogP contribution in [0.5, 0.6) is 0 Å². The SMILES string of the molecule is c1ccc(-c2ccc(-c3ccc(N(c4ccc(-c5ccc(-c6ccccc6)cc5)cc4)c4ccc(-c5cccc6c5oc5ccccc56)c(-c5ccccc5)c4)cc3)cc2)cc1. The summed E-state index contributed by atoms with van der Waals surface area (Å²) in [6, 6.07) is 89.0. The first-order chi connectivity index (χ1) is 30.7. The fraction of sp³-hybridized carbons (Fsp3) is 0. The van der Waals surface area contributed by atoms with Crippen molar-refractivity contribution in [3.8, 4) is 66.8 Å². The molecule has 0 unspecified atom stereocenters. The monoisotopic (exact) mass is 791 g/mol. The molecule has 10 aromatic carbocycles. The number of anilines is 3. The maximum absolute atomic E-state index is 6.59. The zero-order valence-corrected chi connectivity index (χ0v) is 34.0. The molecule has 0 saturated carbocycles. The van der Waals surface area contributed by atoms with Gasteiger partial charge in [0, 0.05) is 33.4 Å². The Kier molecular flexibility index (Phi) is 9.57. The molecule has 2 heteroatoms. The number of hydrogen-bond acceptors (Lipinski definition) is 2. The molecule has 11 aromatic rings. The van der Waals surface area contributed by atoms with E-state index in [1.54, 1.807) is 0 Å². The minimum Gasteiger partial charge on any atom is -0.455 e. The molecule has 0 atom stereocenters. The number of fused-ring (bicyclic) bond motifs is 3.